The van der Waals surface area contributed by atoms with Crippen molar-refractivity contribution in [2.24, 2.45) is 5.92 Å². The first-order valence-electron chi connectivity index (χ1n) is 13.7. The summed E-state index contributed by atoms with van der Waals surface area (Å²) in [5.41, 5.74) is 6.17. The van der Waals surface area contributed by atoms with Crippen LogP contribution in [-0.4, -0.2) is 10.9 Å². The molecule has 1 radical (unpaired) electrons. The maximum atomic E-state index is 10.0. The molecule has 2 heterocycles. The number of rotatable bonds is 4. The van der Waals surface area contributed by atoms with Crippen LogP contribution < -0.4 is 4.57 Å². The van der Waals surface area contributed by atoms with Crippen molar-refractivity contribution in [2.75, 3.05) is 0 Å². The zero-order chi connectivity index (χ0) is 29.4. The Morgan fingerprint density at radius 3 is 2.22 bits per heavy atom. The molecule has 0 atom stereocenters. The summed E-state index contributed by atoms with van der Waals surface area (Å²) in [6.45, 7) is 18.8. The third kappa shape index (κ3) is 7.04. The summed E-state index contributed by atoms with van der Waals surface area (Å²) >= 11 is 1.88. The van der Waals surface area contributed by atoms with E-state index in [1.54, 1.807) is 0 Å². The summed E-state index contributed by atoms with van der Waals surface area (Å²) in [6, 6.07) is 20.2. The van der Waals surface area contributed by atoms with Crippen LogP contribution in [0.15, 0.2) is 72.6 Å². The van der Waals surface area contributed by atoms with Crippen LogP contribution in [0, 0.1) is 19.9 Å². The second-order valence-electron chi connectivity index (χ2n) is 12.0. The van der Waals surface area contributed by atoms with E-state index in [1.165, 1.54) is 67.6 Å². The van der Waals surface area contributed by atoms with Gasteiger partial charge in [0.25, 0.3) is 0 Å². The first-order valence-corrected chi connectivity index (χ1v) is 14.6. The van der Waals surface area contributed by atoms with Crippen LogP contribution in [0.2, 0.25) is 0 Å². The van der Waals surface area contributed by atoms with E-state index in [0.717, 1.165) is 17.7 Å². The SMILES string of the molecule is CC(=O)/C=C(/C)O.[CH2-]c1c(-c2c3sc4cc(CC(C)C)ccc4c3cc[n+]2[CH2-])cc(C(C)(C)C)c2ccccc12.[Ir]. The van der Waals surface area contributed by atoms with Gasteiger partial charge in [0.2, 0.25) is 0 Å². The van der Waals surface area contributed by atoms with Gasteiger partial charge in [-0.2, -0.15) is 12.5 Å². The van der Waals surface area contributed by atoms with Gasteiger partial charge in [0.1, 0.15) is 0 Å². The minimum absolute atomic E-state index is 0. The molecule has 3 nitrogen and oxygen atoms in total. The number of hydrogen-bond donors (Lipinski definition) is 1. The molecule has 0 aliphatic heterocycles. The minimum Gasteiger partial charge on any atom is -0.512 e. The van der Waals surface area contributed by atoms with Crippen LogP contribution in [0.4, 0.5) is 0 Å². The fourth-order valence-electron chi connectivity index (χ4n) is 5.31. The van der Waals surface area contributed by atoms with Gasteiger partial charge >= 0.3 is 0 Å². The number of thiophene rings is 1. The van der Waals surface area contributed by atoms with Crippen molar-refractivity contribution in [3.05, 3.63) is 103 Å². The molecule has 1 N–H and O–H groups in total. The van der Waals surface area contributed by atoms with Crippen LogP contribution in [0.5, 0.6) is 0 Å². The van der Waals surface area contributed by atoms with Gasteiger partial charge in [-0.1, -0.05) is 75.9 Å². The van der Waals surface area contributed by atoms with Gasteiger partial charge in [-0.3, -0.25) is 4.79 Å². The monoisotopic (exact) mass is 743 g/mol. The Morgan fingerprint density at radius 1 is 1.00 bits per heavy atom. The van der Waals surface area contributed by atoms with Crippen LogP contribution in [-0.2, 0) is 36.7 Å². The van der Waals surface area contributed by atoms with Gasteiger partial charge in [0.05, 0.1) is 17.6 Å². The van der Waals surface area contributed by atoms with E-state index < -0.39 is 0 Å². The number of allylic oxidation sites excluding steroid dienone is 2. The van der Waals surface area contributed by atoms with Crippen molar-refractivity contribution in [3.8, 4) is 11.3 Å². The van der Waals surface area contributed by atoms with Crippen molar-refractivity contribution in [1.29, 1.82) is 0 Å². The Hall–Kier alpha value is -3.11. The summed E-state index contributed by atoms with van der Waals surface area (Å²) < 4.78 is 4.65. The predicted molar refractivity (Wildman–Crippen MR) is 172 cm³/mol. The molecule has 0 fully saturated rings. The summed E-state index contributed by atoms with van der Waals surface area (Å²) in [7, 11) is 4.38. The van der Waals surface area contributed by atoms with E-state index in [-0.39, 0.29) is 37.1 Å². The zero-order valence-electron chi connectivity index (χ0n) is 25.1. The normalized spacial score (nSPS) is 12.0. The maximum Gasteiger partial charge on any atom is 0.155 e. The topological polar surface area (TPSA) is 41.2 Å². The number of aliphatic hydroxyl groups excluding tert-OH is 1. The molecular weight excluding hydrogens is 703 g/mol. The van der Waals surface area contributed by atoms with Gasteiger partial charge in [-0.15, -0.1) is 34.4 Å². The average Bonchev–Trinajstić information content (AvgIpc) is 3.21. The Kier molecular flexibility index (Phi) is 10.1. The van der Waals surface area contributed by atoms with Crippen molar-refractivity contribution in [2.45, 2.75) is 60.3 Å². The number of carbonyl (C=O) groups excluding carboxylic acids is 1. The first-order chi connectivity index (χ1) is 18.8. The predicted octanol–water partition coefficient (Wildman–Crippen LogP) is 9.51. The van der Waals surface area contributed by atoms with Crippen molar-refractivity contribution >= 4 is 48.1 Å². The third-order valence-electron chi connectivity index (χ3n) is 6.99. The van der Waals surface area contributed by atoms with Gasteiger partial charge in [-0.05, 0) is 60.1 Å². The molecule has 0 amide bonds. The maximum absolute atomic E-state index is 10.0. The molecule has 5 rings (SSSR count). The Morgan fingerprint density at radius 2 is 1.66 bits per heavy atom. The standard InChI is InChI=1S/C31H32NS.C5H8O2.Ir/c1-19(2)16-21-12-13-24-25-14-15-32(7)29(30(25)33-28(24)17-21)26-18-27(31(4,5)6)23-11-9-8-10-22(23)20(26)3;1-4(6)3-5(2)7;/h8-15,17-19H,3,7,16H2,1-2,4-6H3;3,6H,1-2H3;/q-1;;/b;4-3-;. The summed E-state index contributed by atoms with van der Waals surface area (Å²) in [5, 5.41) is 13.5. The van der Waals surface area contributed by atoms with E-state index in [9.17, 15) is 4.79 Å². The van der Waals surface area contributed by atoms with E-state index in [4.69, 9.17) is 5.11 Å². The molecule has 0 saturated heterocycles. The number of nitrogens with zero attached hydrogens (tertiary/aromatic N) is 1. The van der Waals surface area contributed by atoms with E-state index in [2.05, 4.69) is 109 Å². The number of pyridine rings is 1. The van der Waals surface area contributed by atoms with E-state index in [1.807, 2.05) is 15.9 Å². The first kappa shape index (κ1) is 32.4. The van der Waals surface area contributed by atoms with Crippen molar-refractivity contribution < 1.29 is 34.6 Å². The molecular formula is C36H40IrNO2S-. The molecule has 0 unspecified atom stereocenters. The molecule has 2 aromatic heterocycles. The van der Waals surface area contributed by atoms with Crippen LogP contribution in [0.25, 0.3) is 42.2 Å². The molecule has 3 aromatic carbocycles. The largest absolute Gasteiger partial charge is 0.512 e. The van der Waals surface area contributed by atoms with Gasteiger partial charge in [0.15, 0.2) is 5.78 Å². The van der Waals surface area contributed by atoms with Gasteiger partial charge in [0, 0.05) is 42.6 Å². The van der Waals surface area contributed by atoms with Crippen molar-refractivity contribution in [3.63, 3.8) is 0 Å². The molecule has 0 spiro atoms. The molecule has 5 aromatic rings. The third-order valence-corrected chi connectivity index (χ3v) is 8.17. The fourth-order valence-corrected chi connectivity index (χ4v) is 6.64. The summed E-state index contributed by atoms with van der Waals surface area (Å²) in [4.78, 5) is 10.0. The number of hydrogen-bond acceptors (Lipinski definition) is 3. The second-order valence-corrected chi connectivity index (χ2v) is 13.1. The Bertz CT molecular complexity index is 1750. The summed E-state index contributed by atoms with van der Waals surface area (Å²) in [6.07, 6.45) is 4.37. The second kappa shape index (κ2) is 12.8. The van der Waals surface area contributed by atoms with Crippen LogP contribution in [0.3, 0.4) is 0 Å². The number of benzene rings is 3. The van der Waals surface area contributed by atoms with E-state index in [0.29, 0.717) is 5.92 Å². The van der Waals surface area contributed by atoms with Gasteiger partial charge < -0.3 is 9.67 Å². The minimum atomic E-state index is -0.125. The molecule has 5 heteroatoms. The molecule has 41 heavy (non-hydrogen) atoms. The smallest absolute Gasteiger partial charge is 0.155 e. The van der Waals surface area contributed by atoms with E-state index >= 15 is 0 Å². The van der Waals surface area contributed by atoms with Crippen molar-refractivity contribution in [1.82, 2.24) is 0 Å². The fraction of sp³-hybridized carbons (Fsp3) is 0.278. The Labute approximate surface area is 262 Å². The van der Waals surface area contributed by atoms with Gasteiger partial charge in [-0.25, -0.2) is 0 Å². The Balaban J connectivity index is 0.000000516. The number of aromatic nitrogens is 1. The number of aliphatic hydroxyl groups is 1. The molecule has 217 valence electrons. The average molecular weight is 743 g/mol. The molecule has 0 saturated carbocycles. The molecule has 0 aliphatic rings. The summed E-state index contributed by atoms with van der Waals surface area (Å²) in [5.74, 6) is 0.587. The number of carbonyl (C=O) groups is 1. The molecule has 0 aliphatic carbocycles. The number of fused-ring (bicyclic) bond motifs is 4. The van der Waals surface area contributed by atoms with Crippen LogP contribution >= 0.6 is 11.3 Å². The number of ketones is 1. The molecule has 0 bridgehead atoms. The van der Waals surface area contributed by atoms with Crippen LogP contribution in [0.1, 0.15) is 65.2 Å². The quantitative estimate of drug-likeness (QED) is 0.0863. The zero-order valence-corrected chi connectivity index (χ0v) is 28.3.